The molecule has 0 unspecified atom stereocenters. The maximum atomic E-state index is 11.9. The molecule has 4 N–H and O–H groups in total. The van der Waals surface area contributed by atoms with Gasteiger partial charge in [0.25, 0.3) is 5.91 Å². The van der Waals surface area contributed by atoms with Crippen LogP contribution < -0.4 is 16.6 Å². The topological polar surface area (TPSA) is 124 Å². The number of nitrogens with two attached hydrogens (primary N) is 1. The zero-order valence-electron chi connectivity index (χ0n) is 11.1. The van der Waals surface area contributed by atoms with Crippen LogP contribution in [0.2, 0.25) is 0 Å². The van der Waals surface area contributed by atoms with Gasteiger partial charge in [-0.25, -0.2) is 15.8 Å². The predicted molar refractivity (Wildman–Crippen MR) is 71.6 cm³/mol. The summed E-state index contributed by atoms with van der Waals surface area (Å²) in [6.07, 6.45) is 4.14. The van der Waals surface area contributed by atoms with Crippen LogP contribution in [0.25, 0.3) is 0 Å². The van der Waals surface area contributed by atoms with Gasteiger partial charge in [-0.05, 0) is 19.4 Å². The number of hydrogen-bond donors (Lipinski definition) is 3. The third kappa shape index (κ3) is 3.72. The van der Waals surface area contributed by atoms with Gasteiger partial charge in [0.2, 0.25) is 5.95 Å². The lowest BCUT2D eigenvalue weighted by Crippen LogP contribution is -2.27. The van der Waals surface area contributed by atoms with Gasteiger partial charge in [0, 0.05) is 25.0 Å². The molecule has 0 aliphatic carbocycles. The normalized spacial score (nSPS) is 10.3. The van der Waals surface area contributed by atoms with Gasteiger partial charge < -0.3 is 5.32 Å². The lowest BCUT2D eigenvalue weighted by Gasteiger charge is -2.06. The van der Waals surface area contributed by atoms with Crippen molar-refractivity contribution in [3.05, 3.63) is 29.8 Å². The van der Waals surface area contributed by atoms with Crippen LogP contribution >= 0.6 is 0 Å². The number of anilines is 1. The average Bonchev–Trinajstić information content (AvgIpc) is 2.95. The van der Waals surface area contributed by atoms with Crippen LogP contribution in [0.5, 0.6) is 0 Å². The van der Waals surface area contributed by atoms with Gasteiger partial charge in [-0.1, -0.05) is 5.21 Å². The number of carbonyl (C=O) groups is 1. The lowest BCUT2D eigenvalue weighted by atomic mass is 10.3. The second-order valence-electron chi connectivity index (χ2n) is 4.14. The van der Waals surface area contributed by atoms with Crippen LogP contribution in [0.15, 0.2) is 18.5 Å². The van der Waals surface area contributed by atoms with E-state index in [1.807, 2.05) is 0 Å². The van der Waals surface area contributed by atoms with Crippen molar-refractivity contribution < 1.29 is 4.79 Å². The van der Waals surface area contributed by atoms with E-state index in [9.17, 15) is 4.79 Å². The molecule has 0 atom stereocenters. The molecule has 2 aromatic rings. The number of hydrazine groups is 1. The minimum Gasteiger partial charge on any atom is -0.351 e. The highest BCUT2D eigenvalue weighted by Gasteiger charge is 2.09. The van der Waals surface area contributed by atoms with Gasteiger partial charge in [0.15, 0.2) is 0 Å². The first kappa shape index (κ1) is 13.9. The standard InChI is InChI=1S/C11H16N8O/c1-8-7-9(16-11(15-8)17-12)10(20)13-3-2-5-19-6-4-14-18-19/h4,6-7H,2-3,5,12H2,1H3,(H,13,20)(H,15,16,17). The number of nitrogen functional groups attached to an aromatic ring is 1. The van der Waals surface area contributed by atoms with Gasteiger partial charge in [-0.3, -0.25) is 14.9 Å². The first-order valence-corrected chi connectivity index (χ1v) is 6.13. The first-order valence-electron chi connectivity index (χ1n) is 6.13. The van der Waals surface area contributed by atoms with Crippen molar-refractivity contribution in [2.24, 2.45) is 5.84 Å². The summed E-state index contributed by atoms with van der Waals surface area (Å²) in [4.78, 5) is 19.9. The molecule has 0 fully saturated rings. The summed E-state index contributed by atoms with van der Waals surface area (Å²) in [6, 6.07) is 1.60. The Kier molecular flexibility index (Phi) is 4.56. The zero-order chi connectivity index (χ0) is 14.4. The van der Waals surface area contributed by atoms with E-state index in [-0.39, 0.29) is 17.5 Å². The summed E-state index contributed by atoms with van der Waals surface area (Å²) >= 11 is 0. The SMILES string of the molecule is Cc1cc(C(=O)NCCCn2ccnn2)nc(NN)n1. The molecule has 20 heavy (non-hydrogen) atoms. The molecular formula is C11H16N8O. The molecule has 0 saturated heterocycles. The Morgan fingerprint density at radius 2 is 2.30 bits per heavy atom. The Morgan fingerprint density at radius 1 is 1.45 bits per heavy atom. The molecule has 9 heteroatoms. The highest BCUT2D eigenvalue weighted by molar-refractivity contribution is 5.92. The number of amides is 1. The van der Waals surface area contributed by atoms with Crippen molar-refractivity contribution in [3.63, 3.8) is 0 Å². The molecule has 2 heterocycles. The molecule has 0 aromatic carbocycles. The van der Waals surface area contributed by atoms with Crippen LogP contribution in [0.4, 0.5) is 5.95 Å². The van der Waals surface area contributed by atoms with Crippen molar-refractivity contribution in [3.8, 4) is 0 Å². The summed E-state index contributed by atoms with van der Waals surface area (Å²) in [7, 11) is 0. The maximum Gasteiger partial charge on any atom is 0.270 e. The minimum absolute atomic E-state index is 0.220. The lowest BCUT2D eigenvalue weighted by molar-refractivity contribution is 0.0947. The Balaban J connectivity index is 1.83. The van der Waals surface area contributed by atoms with Crippen LogP contribution in [0.3, 0.4) is 0 Å². The fourth-order valence-corrected chi connectivity index (χ4v) is 1.63. The maximum absolute atomic E-state index is 11.9. The van der Waals surface area contributed by atoms with Gasteiger partial charge in [-0.15, -0.1) is 5.10 Å². The van der Waals surface area contributed by atoms with E-state index >= 15 is 0 Å². The Labute approximate surface area is 115 Å². The number of rotatable bonds is 6. The molecule has 0 radical (unpaired) electrons. The Hall–Kier alpha value is -2.55. The summed E-state index contributed by atoms with van der Waals surface area (Å²) < 4.78 is 1.71. The molecule has 2 aromatic heterocycles. The number of nitrogens with one attached hydrogen (secondary N) is 2. The third-order valence-corrected chi connectivity index (χ3v) is 2.54. The van der Waals surface area contributed by atoms with E-state index in [4.69, 9.17) is 5.84 Å². The smallest absolute Gasteiger partial charge is 0.270 e. The molecule has 9 nitrogen and oxygen atoms in total. The second kappa shape index (κ2) is 6.57. The van der Waals surface area contributed by atoms with E-state index in [0.717, 1.165) is 6.42 Å². The summed E-state index contributed by atoms with van der Waals surface area (Å²) in [5.74, 6) is 5.20. The average molecular weight is 276 g/mol. The number of aromatic nitrogens is 5. The van der Waals surface area contributed by atoms with Gasteiger partial charge in [-0.2, -0.15) is 0 Å². The van der Waals surface area contributed by atoms with E-state index in [1.54, 1.807) is 30.1 Å². The quantitative estimate of drug-likeness (QED) is 0.368. The van der Waals surface area contributed by atoms with Gasteiger partial charge in [0.1, 0.15) is 5.69 Å². The zero-order valence-corrected chi connectivity index (χ0v) is 11.1. The van der Waals surface area contributed by atoms with Crippen molar-refractivity contribution in [2.75, 3.05) is 12.0 Å². The molecule has 1 amide bonds. The van der Waals surface area contributed by atoms with E-state index in [0.29, 0.717) is 18.8 Å². The largest absolute Gasteiger partial charge is 0.351 e. The molecule has 0 spiro atoms. The monoisotopic (exact) mass is 276 g/mol. The molecule has 2 rings (SSSR count). The fourth-order valence-electron chi connectivity index (χ4n) is 1.63. The summed E-state index contributed by atoms with van der Waals surface area (Å²) in [5.41, 5.74) is 3.28. The highest BCUT2D eigenvalue weighted by Crippen LogP contribution is 2.03. The first-order chi connectivity index (χ1) is 9.69. The van der Waals surface area contributed by atoms with Gasteiger partial charge >= 0.3 is 0 Å². The second-order valence-corrected chi connectivity index (χ2v) is 4.14. The fraction of sp³-hybridized carbons (Fsp3) is 0.364. The third-order valence-electron chi connectivity index (χ3n) is 2.54. The van der Waals surface area contributed by atoms with Crippen LogP contribution in [0.1, 0.15) is 22.6 Å². The molecule has 0 bridgehead atoms. The highest BCUT2D eigenvalue weighted by atomic mass is 16.1. The molecular weight excluding hydrogens is 260 g/mol. The predicted octanol–water partition coefficient (Wildman–Crippen LogP) is -0.518. The Morgan fingerprint density at radius 3 is 3.00 bits per heavy atom. The van der Waals surface area contributed by atoms with Gasteiger partial charge in [0.05, 0.1) is 6.20 Å². The number of carbonyl (C=O) groups excluding carboxylic acids is 1. The van der Waals surface area contributed by atoms with Crippen molar-refractivity contribution >= 4 is 11.9 Å². The van der Waals surface area contributed by atoms with Crippen molar-refractivity contribution in [2.45, 2.75) is 19.9 Å². The molecule has 0 aliphatic heterocycles. The number of hydrogen-bond acceptors (Lipinski definition) is 7. The molecule has 106 valence electrons. The minimum atomic E-state index is -0.259. The van der Waals surface area contributed by atoms with Crippen molar-refractivity contribution in [1.29, 1.82) is 0 Å². The molecule has 0 aliphatic rings. The van der Waals surface area contributed by atoms with Crippen LogP contribution in [0, 0.1) is 6.92 Å². The van der Waals surface area contributed by atoms with Crippen molar-refractivity contribution in [1.82, 2.24) is 30.3 Å². The van der Waals surface area contributed by atoms with E-state index in [1.165, 1.54) is 0 Å². The van der Waals surface area contributed by atoms with Crippen LogP contribution in [-0.4, -0.2) is 37.4 Å². The van der Waals surface area contributed by atoms with E-state index in [2.05, 4.69) is 31.0 Å². The number of aryl methyl sites for hydroxylation is 2. The Bertz CT molecular complexity index is 568. The number of nitrogens with zero attached hydrogens (tertiary/aromatic N) is 5. The summed E-state index contributed by atoms with van der Waals surface area (Å²) in [6.45, 7) is 2.98. The summed E-state index contributed by atoms with van der Waals surface area (Å²) in [5, 5.41) is 10.3. The van der Waals surface area contributed by atoms with E-state index < -0.39 is 0 Å². The van der Waals surface area contributed by atoms with Crippen LogP contribution in [-0.2, 0) is 6.54 Å². The molecule has 0 saturated carbocycles.